The number of nitrogens with two attached hydrogens (primary N) is 1. The SMILES string of the molecule is Nc1c(NCCc2ccccc2)ncnc1NNC(=O)c1cccc2ccccc12. The maximum absolute atomic E-state index is 12.7. The van der Waals surface area contributed by atoms with E-state index in [0.29, 0.717) is 29.4 Å². The molecule has 0 saturated carbocycles. The molecule has 0 aliphatic carbocycles. The van der Waals surface area contributed by atoms with Crippen LogP contribution in [-0.4, -0.2) is 22.4 Å². The van der Waals surface area contributed by atoms with Crippen molar-refractivity contribution in [3.63, 3.8) is 0 Å². The molecular weight excluding hydrogens is 376 g/mol. The number of fused-ring (bicyclic) bond motifs is 1. The van der Waals surface area contributed by atoms with Crippen LogP contribution >= 0.6 is 0 Å². The van der Waals surface area contributed by atoms with E-state index in [9.17, 15) is 4.79 Å². The van der Waals surface area contributed by atoms with Crippen molar-refractivity contribution in [2.75, 3.05) is 23.0 Å². The minimum absolute atomic E-state index is 0.275. The summed E-state index contributed by atoms with van der Waals surface area (Å²) in [5.74, 6) is 0.576. The molecule has 30 heavy (non-hydrogen) atoms. The number of carbonyl (C=O) groups excluding carboxylic acids is 1. The van der Waals surface area contributed by atoms with Gasteiger partial charge in [0.15, 0.2) is 11.6 Å². The molecule has 0 bridgehead atoms. The van der Waals surface area contributed by atoms with Gasteiger partial charge in [0.1, 0.15) is 12.0 Å². The van der Waals surface area contributed by atoms with E-state index in [-0.39, 0.29) is 5.91 Å². The monoisotopic (exact) mass is 398 g/mol. The molecule has 0 fully saturated rings. The molecule has 4 rings (SSSR count). The van der Waals surface area contributed by atoms with Crippen LogP contribution in [0.1, 0.15) is 15.9 Å². The first-order valence-corrected chi connectivity index (χ1v) is 9.65. The van der Waals surface area contributed by atoms with Crippen molar-refractivity contribution < 1.29 is 4.79 Å². The highest BCUT2D eigenvalue weighted by Crippen LogP contribution is 2.22. The van der Waals surface area contributed by atoms with Crippen LogP contribution in [0.25, 0.3) is 10.8 Å². The summed E-state index contributed by atoms with van der Waals surface area (Å²) in [5.41, 5.74) is 13.8. The Balaban J connectivity index is 1.41. The Labute approximate surface area is 174 Å². The smallest absolute Gasteiger partial charge is 0.270 e. The number of anilines is 3. The Morgan fingerprint density at radius 3 is 2.47 bits per heavy atom. The first-order chi connectivity index (χ1) is 14.7. The van der Waals surface area contributed by atoms with Crippen LogP contribution in [0.15, 0.2) is 79.1 Å². The van der Waals surface area contributed by atoms with Gasteiger partial charge in [-0.1, -0.05) is 66.7 Å². The van der Waals surface area contributed by atoms with Gasteiger partial charge < -0.3 is 11.1 Å². The summed E-state index contributed by atoms with van der Waals surface area (Å²) in [6.07, 6.45) is 2.23. The summed E-state index contributed by atoms with van der Waals surface area (Å²) in [5, 5.41) is 5.09. The summed E-state index contributed by atoms with van der Waals surface area (Å²) in [6, 6.07) is 23.5. The highest BCUT2D eigenvalue weighted by molar-refractivity contribution is 6.07. The fraction of sp³-hybridized carbons (Fsp3) is 0.0870. The molecular formula is C23H22N6O. The summed E-state index contributed by atoms with van der Waals surface area (Å²) in [7, 11) is 0. The number of benzene rings is 3. The number of hydrogen-bond donors (Lipinski definition) is 4. The lowest BCUT2D eigenvalue weighted by atomic mass is 10.0. The van der Waals surface area contributed by atoms with Gasteiger partial charge >= 0.3 is 0 Å². The Morgan fingerprint density at radius 1 is 0.867 bits per heavy atom. The fourth-order valence-electron chi connectivity index (χ4n) is 3.21. The van der Waals surface area contributed by atoms with E-state index in [0.717, 1.165) is 17.2 Å². The molecule has 0 aliphatic heterocycles. The van der Waals surface area contributed by atoms with Gasteiger partial charge in [-0.15, -0.1) is 0 Å². The summed E-state index contributed by atoms with van der Waals surface area (Å²) in [6.45, 7) is 0.674. The second-order valence-corrected chi connectivity index (χ2v) is 6.75. The number of amides is 1. The van der Waals surface area contributed by atoms with Gasteiger partial charge in [-0.3, -0.25) is 15.6 Å². The van der Waals surface area contributed by atoms with E-state index < -0.39 is 0 Å². The third kappa shape index (κ3) is 4.30. The summed E-state index contributed by atoms with van der Waals surface area (Å²) in [4.78, 5) is 21.0. The van der Waals surface area contributed by atoms with E-state index >= 15 is 0 Å². The molecule has 0 aliphatic rings. The zero-order valence-electron chi connectivity index (χ0n) is 16.3. The van der Waals surface area contributed by atoms with Gasteiger partial charge in [-0.25, -0.2) is 9.97 Å². The lowest BCUT2D eigenvalue weighted by Gasteiger charge is -2.14. The van der Waals surface area contributed by atoms with Gasteiger partial charge in [0.05, 0.1) is 0 Å². The van der Waals surface area contributed by atoms with Crippen molar-refractivity contribution in [1.82, 2.24) is 15.4 Å². The molecule has 0 atom stereocenters. The Morgan fingerprint density at radius 2 is 1.60 bits per heavy atom. The van der Waals surface area contributed by atoms with Crippen molar-refractivity contribution in [2.45, 2.75) is 6.42 Å². The Bertz CT molecular complexity index is 1160. The highest BCUT2D eigenvalue weighted by atomic mass is 16.2. The van der Waals surface area contributed by atoms with Crippen molar-refractivity contribution in [3.8, 4) is 0 Å². The number of aromatic nitrogens is 2. The Kier molecular flexibility index (Phi) is 5.70. The zero-order chi connectivity index (χ0) is 20.8. The maximum atomic E-state index is 12.7. The standard InChI is InChI=1S/C23H22N6O/c24-20-21(25-14-13-16-7-2-1-3-8-16)26-15-27-22(20)28-29-23(30)19-12-6-10-17-9-4-5-11-18(17)19/h1-12,15H,13-14,24H2,(H,29,30)(H2,25,26,27,28). The largest absolute Gasteiger partial charge is 0.393 e. The fourth-order valence-corrected chi connectivity index (χ4v) is 3.21. The third-order valence-corrected chi connectivity index (χ3v) is 4.76. The van der Waals surface area contributed by atoms with Gasteiger partial charge in [0.2, 0.25) is 0 Å². The van der Waals surface area contributed by atoms with E-state index in [1.165, 1.54) is 11.9 Å². The van der Waals surface area contributed by atoms with Crippen LogP contribution in [0.2, 0.25) is 0 Å². The maximum Gasteiger partial charge on any atom is 0.270 e. The zero-order valence-corrected chi connectivity index (χ0v) is 16.3. The van der Waals surface area contributed by atoms with Crippen LogP contribution in [0.5, 0.6) is 0 Å². The van der Waals surface area contributed by atoms with E-state index in [1.54, 1.807) is 6.07 Å². The lowest BCUT2D eigenvalue weighted by molar-refractivity contribution is 0.0964. The van der Waals surface area contributed by atoms with E-state index in [4.69, 9.17) is 5.73 Å². The molecule has 3 aromatic carbocycles. The van der Waals surface area contributed by atoms with E-state index in [2.05, 4.69) is 38.3 Å². The molecule has 150 valence electrons. The predicted octanol–water partition coefficient (Wildman–Crippen LogP) is 3.62. The van der Waals surface area contributed by atoms with Crippen LogP contribution in [0.4, 0.5) is 17.3 Å². The minimum atomic E-state index is -0.275. The van der Waals surface area contributed by atoms with Crippen LogP contribution in [-0.2, 0) is 6.42 Å². The second-order valence-electron chi connectivity index (χ2n) is 6.75. The van der Waals surface area contributed by atoms with Crippen LogP contribution in [0.3, 0.4) is 0 Å². The molecule has 1 heterocycles. The average molecular weight is 398 g/mol. The van der Waals surface area contributed by atoms with Crippen molar-refractivity contribution in [1.29, 1.82) is 0 Å². The lowest BCUT2D eigenvalue weighted by Crippen LogP contribution is -2.30. The number of hydrogen-bond acceptors (Lipinski definition) is 6. The second kappa shape index (κ2) is 8.91. The molecule has 0 saturated heterocycles. The topological polar surface area (TPSA) is 105 Å². The van der Waals surface area contributed by atoms with Gasteiger partial charge in [0.25, 0.3) is 5.91 Å². The number of nitrogens with zero attached hydrogens (tertiary/aromatic N) is 2. The molecule has 1 aromatic heterocycles. The molecule has 0 unspecified atom stereocenters. The molecule has 7 heteroatoms. The van der Waals surface area contributed by atoms with Crippen LogP contribution < -0.4 is 21.9 Å². The third-order valence-electron chi connectivity index (χ3n) is 4.76. The quantitative estimate of drug-likeness (QED) is 0.354. The number of rotatable bonds is 7. The van der Waals surface area contributed by atoms with Crippen molar-refractivity contribution >= 4 is 34.0 Å². The average Bonchev–Trinajstić information content (AvgIpc) is 2.79. The Hall–Kier alpha value is -4.13. The van der Waals surface area contributed by atoms with E-state index in [1.807, 2.05) is 54.6 Å². The van der Waals surface area contributed by atoms with Crippen molar-refractivity contribution in [2.24, 2.45) is 0 Å². The molecule has 0 radical (unpaired) electrons. The number of nitrogen functional groups attached to an aromatic ring is 1. The number of carbonyl (C=O) groups is 1. The minimum Gasteiger partial charge on any atom is -0.393 e. The summed E-state index contributed by atoms with van der Waals surface area (Å²) >= 11 is 0. The normalized spacial score (nSPS) is 10.5. The van der Waals surface area contributed by atoms with Crippen molar-refractivity contribution in [3.05, 3.63) is 90.3 Å². The molecule has 1 amide bonds. The first-order valence-electron chi connectivity index (χ1n) is 9.65. The summed E-state index contributed by atoms with van der Waals surface area (Å²) < 4.78 is 0. The van der Waals surface area contributed by atoms with Gasteiger partial charge in [-0.2, -0.15) is 0 Å². The predicted molar refractivity (Wildman–Crippen MR) is 120 cm³/mol. The number of nitrogens with one attached hydrogen (secondary N) is 3. The first kappa shape index (κ1) is 19.2. The molecule has 4 aromatic rings. The van der Waals surface area contributed by atoms with Gasteiger partial charge in [-0.05, 0) is 28.8 Å². The molecule has 0 spiro atoms. The number of hydrazine groups is 1. The molecule has 5 N–H and O–H groups in total. The van der Waals surface area contributed by atoms with Crippen LogP contribution in [0, 0.1) is 0 Å². The van der Waals surface area contributed by atoms with Gasteiger partial charge in [0, 0.05) is 12.1 Å². The molecule has 7 nitrogen and oxygen atoms in total. The highest BCUT2D eigenvalue weighted by Gasteiger charge is 2.12.